The van der Waals surface area contributed by atoms with Crippen molar-refractivity contribution in [3.05, 3.63) is 48.0 Å². The Morgan fingerprint density at radius 3 is 2.23 bits per heavy atom. The zero-order valence-electron chi connectivity index (χ0n) is 17.3. The lowest BCUT2D eigenvalue weighted by Crippen LogP contribution is -2.46. The maximum Gasteiger partial charge on any atom is 0.329 e. The number of imide groups is 1. The maximum absolute atomic E-state index is 12.1. The highest BCUT2D eigenvalue weighted by molar-refractivity contribution is 6.12. The van der Waals surface area contributed by atoms with Crippen molar-refractivity contribution in [3.8, 4) is 5.75 Å². The molecular weight excluding hydrogens is 380 g/mol. The number of phenolic OH excluding ortho intramolecular Hbond substituents is 1. The fraction of sp³-hybridized carbons (Fsp3) is 0.391. The Labute approximate surface area is 176 Å². The summed E-state index contributed by atoms with van der Waals surface area (Å²) in [6.45, 7) is 5.87. The number of aryl methyl sites for hydroxylation is 1. The number of nitrogens with one attached hydrogen (secondary N) is 1. The molecule has 2 heterocycles. The van der Waals surface area contributed by atoms with Crippen molar-refractivity contribution in [1.29, 1.82) is 0 Å². The average Bonchev–Trinajstić information content (AvgIpc) is 3.10. The van der Waals surface area contributed by atoms with Crippen molar-refractivity contribution < 1.29 is 14.7 Å². The summed E-state index contributed by atoms with van der Waals surface area (Å²) in [7, 11) is 0. The van der Waals surface area contributed by atoms with Crippen LogP contribution in [0.5, 0.6) is 5.75 Å². The van der Waals surface area contributed by atoms with Gasteiger partial charge < -0.3 is 14.9 Å². The number of hydrogen-bond donors (Lipinski definition) is 2. The molecule has 2 aliphatic heterocycles. The Hall–Kier alpha value is -3.22. The van der Waals surface area contributed by atoms with E-state index >= 15 is 0 Å². The van der Waals surface area contributed by atoms with Crippen LogP contribution in [0.3, 0.4) is 0 Å². The molecule has 7 nitrogen and oxygen atoms in total. The van der Waals surface area contributed by atoms with E-state index in [1.807, 2.05) is 18.2 Å². The van der Waals surface area contributed by atoms with Crippen LogP contribution in [-0.4, -0.2) is 49.8 Å². The number of benzene rings is 2. The third-order valence-corrected chi connectivity index (χ3v) is 5.80. The quantitative estimate of drug-likeness (QED) is 0.719. The van der Waals surface area contributed by atoms with Crippen LogP contribution in [-0.2, 0) is 11.2 Å². The van der Waals surface area contributed by atoms with Crippen molar-refractivity contribution in [2.45, 2.75) is 26.2 Å². The first-order valence-corrected chi connectivity index (χ1v) is 10.6. The van der Waals surface area contributed by atoms with Gasteiger partial charge in [0.15, 0.2) is 0 Å². The van der Waals surface area contributed by atoms with E-state index in [2.05, 4.69) is 34.2 Å². The Balaban J connectivity index is 1.51. The first kappa shape index (κ1) is 20.1. The van der Waals surface area contributed by atoms with Gasteiger partial charge in [0.05, 0.1) is 0 Å². The van der Waals surface area contributed by atoms with E-state index < -0.39 is 0 Å². The van der Waals surface area contributed by atoms with E-state index in [1.165, 1.54) is 16.2 Å². The normalized spacial score (nSPS) is 16.9. The van der Waals surface area contributed by atoms with E-state index in [1.54, 1.807) is 12.1 Å². The molecule has 0 bridgehead atoms. The number of aromatic hydroxyl groups is 1. The van der Waals surface area contributed by atoms with Crippen LogP contribution in [0.2, 0.25) is 0 Å². The molecule has 30 heavy (non-hydrogen) atoms. The number of urea groups is 1. The molecule has 0 aliphatic carbocycles. The molecule has 4 rings (SSSR count). The van der Waals surface area contributed by atoms with Crippen LogP contribution in [0.1, 0.15) is 25.3 Å². The van der Waals surface area contributed by atoms with Gasteiger partial charge in [0.25, 0.3) is 0 Å². The average molecular weight is 409 g/mol. The predicted octanol–water partition coefficient (Wildman–Crippen LogP) is 3.12. The molecule has 158 valence electrons. The van der Waals surface area contributed by atoms with Crippen LogP contribution in [0.4, 0.5) is 21.9 Å². The lowest BCUT2D eigenvalue weighted by atomic mass is 10.0. The number of phenols is 1. The number of nitrogens with zero attached hydrogens (tertiary/aromatic N) is 3. The molecule has 2 fully saturated rings. The Kier molecular flexibility index (Phi) is 5.79. The molecule has 3 amide bonds. The number of carbonyl (C=O) groups is 2. The minimum atomic E-state index is -0.350. The summed E-state index contributed by atoms with van der Waals surface area (Å²) in [6, 6.07) is 13.1. The third kappa shape index (κ3) is 4.20. The molecule has 2 N–H and O–H groups in total. The van der Waals surface area contributed by atoms with Crippen molar-refractivity contribution in [2.24, 2.45) is 0 Å². The van der Waals surface area contributed by atoms with Crippen LogP contribution in [0, 0.1) is 0 Å². The van der Waals surface area contributed by atoms with E-state index in [4.69, 9.17) is 0 Å². The van der Waals surface area contributed by atoms with Crippen molar-refractivity contribution >= 4 is 29.0 Å². The number of rotatable bonds is 6. The fourth-order valence-electron chi connectivity index (χ4n) is 4.14. The second-order valence-electron chi connectivity index (χ2n) is 7.85. The first-order valence-electron chi connectivity index (χ1n) is 10.6. The van der Waals surface area contributed by atoms with Crippen LogP contribution < -0.4 is 20.0 Å². The largest absolute Gasteiger partial charge is 0.508 e. The molecule has 2 aliphatic rings. The molecular formula is C23H28N4O3. The molecule has 0 saturated carbocycles. The Bertz CT molecular complexity index is 921. The monoisotopic (exact) mass is 408 g/mol. The summed E-state index contributed by atoms with van der Waals surface area (Å²) in [5.41, 5.74) is 4.33. The fourth-order valence-corrected chi connectivity index (χ4v) is 4.14. The van der Waals surface area contributed by atoms with E-state index in [0.29, 0.717) is 0 Å². The van der Waals surface area contributed by atoms with Crippen LogP contribution in [0.25, 0.3) is 0 Å². The topological polar surface area (TPSA) is 76.1 Å². The van der Waals surface area contributed by atoms with Gasteiger partial charge in [-0.15, -0.1) is 0 Å². The van der Waals surface area contributed by atoms with Gasteiger partial charge in [-0.05, 0) is 60.9 Å². The summed E-state index contributed by atoms with van der Waals surface area (Å²) < 4.78 is 0. The second kappa shape index (κ2) is 8.65. The van der Waals surface area contributed by atoms with Gasteiger partial charge in [0.2, 0.25) is 5.91 Å². The maximum atomic E-state index is 12.1. The minimum Gasteiger partial charge on any atom is -0.508 e. The zero-order valence-corrected chi connectivity index (χ0v) is 17.3. The second-order valence-corrected chi connectivity index (χ2v) is 7.85. The highest BCUT2D eigenvalue weighted by atomic mass is 16.3. The summed E-state index contributed by atoms with van der Waals surface area (Å²) in [5.74, 6) is 0.0240. The van der Waals surface area contributed by atoms with Gasteiger partial charge in [-0.2, -0.15) is 0 Å². The molecule has 0 unspecified atom stereocenters. The van der Waals surface area contributed by atoms with Crippen molar-refractivity contribution in [3.63, 3.8) is 0 Å². The minimum absolute atomic E-state index is 0.0801. The van der Waals surface area contributed by atoms with Gasteiger partial charge >= 0.3 is 6.03 Å². The van der Waals surface area contributed by atoms with Crippen molar-refractivity contribution in [1.82, 2.24) is 5.32 Å². The van der Waals surface area contributed by atoms with Gasteiger partial charge in [-0.1, -0.05) is 13.3 Å². The molecule has 0 radical (unpaired) electrons. The molecule has 2 aromatic rings. The molecule has 0 aromatic heterocycles. The van der Waals surface area contributed by atoms with Gasteiger partial charge in [-0.3, -0.25) is 15.0 Å². The smallest absolute Gasteiger partial charge is 0.329 e. The Morgan fingerprint density at radius 2 is 1.60 bits per heavy atom. The molecule has 2 saturated heterocycles. The van der Waals surface area contributed by atoms with Crippen LogP contribution in [0.15, 0.2) is 42.5 Å². The van der Waals surface area contributed by atoms with E-state index in [0.717, 1.165) is 56.8 Å². The first-order chi connectivity index (χ1) is 14.5. The summed E-state index contributed by atoms with van der Waals surface area (Å²) in [5, 5.41) is 11.9. The molecule has 0 spiro atoms. The number of unbranched alkanes of at least 4 members (excludes halogenated alkanes) is 1. The number of hydrogen-bond acceptors (Lipinski definition) is 5. The zero-order chi connectivity index (χ0) is 21.1. The summed E-state index contributed by atoms with van der Waals surface area (Å²) in [6.07, 6.45) is 3.12. The SMILES string of the molecule is CCCCc1cc(N2CC(=O)NC2=O)ccc1N1CCN(c2ccc(O)cc2)CC1. The predicted molar refractivity (Wildman–Crippen MR) is 118 cm³/mol. The third-order valence-electron chi connectivity index (χ3n) is 5.80. The van der Waals surface area contributed by atoms with Gasteiger partial charge in [0, 0.05) is 43.2 Å². The highest BCUT2D eigenvalue weighted by Crippen LogP contribution is 2.30. The standard InChI is InChI=1S/C23H28N4O3/c1-2-3-4-17-15-19(27-16-22(29)24-23(27)30)7-10-21(17)26-13-11-25(12-14-26)18-5-8-20(28)9-6-18/h5-10,15,28H,2-4,11-14,16H2,1H3,(H,24,29,30). The molecule has 0 atom stereocenters. The van der Waals surface area contributed by atoms with Gasteiger partial charge in [0.1, 0.15) is 12.3 Å². The van der Waals surface area contributed by atoms with E-state index in [9.17, 15) is 14.7 Å². The number of carbonyl (C=O) groups excluding carboxylic acids is 2. The van der Waals surface area contributed by atoms with Gasteiger partial charge in [-0.25, -0.2) is 4.79 Å². The van der Waals surface area contributed by atoms with E-state index in [-0.39, 0.29) is 24.2 Å². The summed E-state index contributed by atoms with van der Waals surface area (Å²) in [4.78, 5) is 29.9. The lowest BCUT2D eigenvalue weighted by Gasteiger charge is -2.38. The van der Waals surface area contributed by atoms with Crippen molar-refractivity contribution in [2.75, 3.05) is 47.4 Å². The summed E-state index contributed by atoms with van der Waals surface area (Å²) >= 11 is 0. The molecule has 2 aromatic carbocycles. The highest BCUT2D eigenvalue weighted by Gasteiger charge is 2.29. The number of piperazine rings is 1. The number of amides is 3. The number of anilines is 3. The lowest BCUT2D eigenvalue weighted by molar-refractivity contribution is -0.117. The van der Waals surface area contributed by atoms with Crippen LogP contribution >= 0.6 is 0 Å². The Morgan fingerprint density at radius 1 is 0.933 bits per heavy atom. The molecule has 7 heteroatoms.